The fourth-order valence-electron chi connectivity index (χ4n) is 0.921. The second kappa shape index (κ2) is 1.47. The van der Waals surface area contributed by atoms with Crippen LogP contribution in [0.1, 0.15) is 5.69 Å². The van der Waals surface area contributed by atoms with Crippen LogP contribution in [0.3, 0.4) is 0 Å². The van der Waals surface area contributed by atoms with Crippen LogP contribution in [0, 0.1) is 0 Å². The zero-order valence-electron chi connectivity index (χ0n) is 5.00. The first-order valence-corrected chi connectivity index (χ1v) is 2.80. The molecule has 0 aromatic carbocycles. The maximum atomic E-state index is 9.02. The number of aliphatic hydroxyl groups excluding tert-OH is 1. The normalized spacial score (nSPS) is 14.2. The summed E-state index contributed by atoms with van der Waals surface area (Å²) in [6, 6.07) is 0. The van der Waals surface area contributed by atoms with Crippen LogP contribution in [0.5, 0.6) is 5.75 Å². The van der Waals surface area contributed by atoms with E-state index in [0.717, 1.165) is 0 Å². The van der Waals surface area contributed by atoms with Gasteiger partial charge in [0.1, 0.15) is 11.4 Å². The highest BCUT2D eigenvalue weighted by Crippen LogP contribution is 2.34. The van der Waals surface area contributed by atoms with E-state index in [1.165, 1.54) is 12.4 Å². The lowest BCUT2D eigenvalue weighted by molar-refractivity contribution is 0.476. The Hall–Kier alpha value is -1.58. The van der Waals surface area contributed by atoms with Crippen molar-refractivity contribution in [2.24, 2.45) is 0 Å². The Balaban J connectivity index is 2.62. The molecule has 0 aliphatic carbocycles. The lowest BCUT2D eigenvalue weighted by atomic mass is 10.3. The molecule has 0 bridgehead atoms. The van der Waals surface area contributed by atoms with E-state index in [9.17, 15) is 0 Å². The van der Waals surface area contributed by atoms with Gasteiger partial charge in [0.15, 0.2) is 11.5 Å². The molecule has 10 heavy (non-hydrogen) atoms. The Morgan fingerprint density at radius 3 is 2.90 bits per heavy atom. The molecular formula is C6H5N2O2. The average Bonchev–Trinajstić information content (AvgIpc) is 2.41. The number of aromatic nitrogens is 1. The summed E-state index contributed by atoms with van der Waals surface area (Å²) in [6.45, 7) is 0. The minimum absolute atomic E-state index is 0.0651. The summed E-state index contributed by atoms with van der Waals surface area (Å²) in [6.07, 6.45) is 2.68. The Morgan fingerprint density at radius 2 is 2.20 bits per heavy atom. The number of aromatic amines is 1. The predicted molar refractivity (Wildman–Crippen MR) is 34.9 cm³/mol. The first-order valence-electron chi connectivity index (χ1n) is 2.80. The van der Waals surface area contributed by atoms with Crippen LogP contribution in [-0.4, -0.2) is 15.2 Å². The third-order valence-corrected chi connectivity index (χ3v) is 1.40. The van der Waals surface area contributed by atoms with Crippen LogP contribution in [0.25, 0.3) is 5.76 Å². The van der Waals surface area contributed by atoms with E-state index in [1.807, 2.05) is 0 Å². The van der Waals surface area contributed by atoms with Crippen molar-refractivity contribution in [3.05, 3.63) is 18.1 Å². The van der Waals surface area contributed by atoms with E-state index in [-0.39, 0.29) is 11.5 Å². The molecule has 2 heterocycles. The number of nitrogens with zero attached hydrogens (tertiary/aromatic N) is 1. The van der Waals surface area contributed by atoms with Gasteiger partial charge in [-0.1, -0.05) is 0 Å². The molecule has 0 spiro atoms. The Labute approximate surface area is 56.8 Å². The molecule has 0 atom stereocenters. The second-order valence-electron chi connectivity index (χ2n) is 2.04. The van der Waals surface area contributed by atoms with Gasteiger partial charge in [0.25, 0.3) is 0 Å². The van der Waals surface area contributed by atoms with Crippen molar-refractivity contribution in [3.63, 3.8) is 0 Å². The molecule has 1 aliphatic heterocycles. The van der Waals surface area contributed by atoms with E-state index < -0.39 is 0 Å². The highest BCUT2D eigenvalue weighted by atomic mass is 16.3. The molecule has 0 saturated heterocycles. The van der Waals surface area contributed by atoms with Crippen LogP contribution < -0.4 is 5.32 Å². The Bertz CT molecular complexity index is 301. The molecule has 2 rings (SSSR count). The number of fused-ring (bicyclic) bond motifs is 1. The van der Waals surface area contributed by atoms with Gasteiger partial charge < -0.3 is 15.2 Å². The summed E-state index contributed by atoms with van der Waals surface area (Å²) in [7, 11) is 0. The van der Waals surface area contributed by atoms with Crippen molar-refractivity contribution in [2.45, 2.75) is 0 Å². The molecule has 4 nitrogen and oxygen atoms in total. The molecule has 1 aliphatic rings. The fraction of sp³-hybridized carbons (Fsp3) is 0. The van der Waals surface area contributed by atoms with Gasteiger partial charge in [0.05, 0.1) is 6.20 Å². The van der Waals surface area contributed by atoms with Gasteiger partial charge in [-0.25, -0.2) is 5.32 Å². The predicted octanol–water partition coefficient (Wildman–Crippen LogP) is 0.826. The van der Waals surface area contributed by atoms with E-state index in [0.29, 0.717) is 11.4 Å². The maximum Gasteiger partial charge on any atom is 0.159 e. The highest BCUT2D eigenvalue weighted by Gasteiger charge is 2.19. The van der Waals surface area contributed by atoms with Gasteiger partial charge in [-0.3, -0.25) is 0 Å². The van der Waals surface area contributed by atoms with Crippen LogP contribution in [0.15, 0.2) is 12.4 Å². The van der Waals surface area contributed by atoms with Gasteiger partial charge in [-0.2, -0.15) is 0 Å². The molecule has 1 aromatic heterocycles. The van der Waals surface area contributed by atoms with Crippen molar-refractivity contribution >= 4 is 11.4 Å². The number of H-pyrrole nitrogens is 1. The first-order chi connectivity index (χ1) is 4.79. The van der Waals surface area contributed by atoms with E-state index in [2.05, 4.69) is 10.3 Å². The molecule has 51 valence electrons. The summed E-state index contributed by atoms with van der Waals surface area (Å²) in [5, 5.41) is 21.8. The van der Waals surface area contributed by atoms with Crippen molar-refractivity contribution in [1.29, 1.82) is 0 Å². The lowest BCUT2D eigenvalue weighted by Gasteiger charge is -1.87. The summed E-state index contributed by atoms with van der Waals surface area (Å²) in [5.74, 6) is 0.130. The zero-order valence-corrected chi connectivity index (χ0v) is 5.00. The van der Waals surface area contributed by atoms with Crippen LogP contribution in [0.2, 0.25) is 0 Å². The van der Waals surface area contributed by atoms with Gasteiger partial charge in [0, 0.05) is 6.20 Å². The molecule has 4 heteroatoms. The number of nitrogens with one attached hydrogen (secondary N) is 1. The number of hydrogen-bond acceptors (Lipinski definition) is 2. The third-order valence-electron chi connectivity index (χ3n) is 1.40. The molecule has 0 saturated carbocycles. The zero-order chi connectivity index (χ0) is 7.14. The van der Waals surface area contributed by atoms with E-state index >= 15 is 0 Å². The summed E-state index contributed by atoms with van der Waals surface area (Å²) in [5.41, 5.74) is 0.898. The number of aromatic hydroxyl groups is 1. The molecule has 3 N–H and O–H groups in total. The Kier molecular flexibility index (Phi) is 0.768. The summed E-state index contributed by atoms with van der Waals surface area (Å²) in [4.78, 5) is 2.67. The minimum Gasteiger partial charge on any atom is -0.504 e. The summed E-state index contributed by atoms with van der Waals surface area (Å²) < 4.78 is 0. The monoisotopic (exact) mass is 137 g/mol. The van der Waals surface area contributed by atoms with Gasteiger partial charge >= 0.3 is 0 Å². The van der Waals surface area contributed by atoms with Crippen LogP contribution in [-0.2, 0) is 0 Å². The maximum absolute atomic E-state index is 9.02. The van der Waals surface area contributed by atoms with Crippen LogP contribution in [0.4, 0.5) is 5.69 Å². The van der Waals surface area contributed by atoms with Crippen molar-refractivity contribution in [3.8, 4) is 5.75 Å². The van der Waals surface area contributed by atoms with Gasteiger partial charge in [-0.05, 0) is 0 Å². The molecule has 0 amide bonds. The summed E-state index contributed by atoms with van der Waals surface area (Å²) >= 11 is 0. The molecule has 0 fully saturated rings. The molecule has 0 unspecified atom stereocenters. The third kappa shape index (κ3) is 0.452. The van der Waals surface area contributed by atoms with E-state index in [1.54, 1.807) is 0 Å². The van der Waals surface area contributed by atoms with Crippen molar-refractivity contribution in [2.75, 3.05) is 0 Å². The largest absolute Gasteiger partial charge is 0.504 e. The minimum atomic E-state index is 0.0651. The quantitative estimate of drug-likeness (QED) is 0.495. The molecule has 1 aromatic rings. The number of hydrogen-bond donors (Lipinski definition) is 3. The first kappa shape index (κ1) is 5.22. The molecule has 1 radical (unpaired) electrons. The standard InChI is InChI=1S/C6H5N2O2/c9-3-1-7-6-4(10)2-8-5(3)6/h1-2,7,9-10H. The molecular weight excluding hydrogens is 132 g/mol. The smallest absolute Gasteiger partial charge is 0.159 e. The van der Waals surface area contributed by atoms with E-state index in [4.69, 9.17) is 10.2 Å². The fourth-order valence-corrected chi connectivity index (χ4v) is 0.921. The van der Waals surface area contributed by atoms with Gasteiger partial charge in [0.2, 0.25) is 0 Å². The van der Waals surface area contributed by atoms with Crippen molar-refractivity contribution < 1.29 is 10.2 Å². The highest BCUT2D eigenvalue weighted by molar-refractivity contribution is 5.76. The average molecular weight is 137 g/mol. The lowest BCUT2D eigenvalue weighted by Crippen LogP contribution is -1.76. The van der Waals surface area contributed by atoms with Crippen molar-refractivity contribution in [1.82, 2.24) is 10.3 Å². The SMILES string of the molecule is OC1=C[N]c2c(O)c[nH]c21. The van der Waals surface area contributed by atoms with Crippen LogP contribution >= 0.6 is 0 Å². The van der Waals surface area contributed by atoms with Gasteiger partial charge in [-0.15, -0.1) is 0 Å². The Morgan fingerprint density at radius 1 is 1.40 bits per heavy atom. The number of aliphatic hydroxyl groups is 1. The topological polar surface area (TPSA) is 70.3 Å². The second-order valence-corrected chi connectivity index (χ2v) is 2.04. The number of rotatable bonds is 0.